The fraction of sp³-hybridized carbons (Fsp3) is 0.526. The van der Waals surface area contributed by atoms with Gasteiger partial charge in [0, 0.05) is 22.5 Å². The van der Waals surface area contributed by atoms with Gasteiger partial charge in [-0.15, -0.1) is 0 Å². The van der Waals surface area contributed by atoms with Gasteiger partial charge in [-0.05, 0) is 93.2 Å². The lowest BCUT2D eigenvalue weighted by molar-refractivity contribution is -0.170. The van der Waals surface area contributed by atoms with E-state index in [4.69, 9.17) is 14.0 Å². The van der Waals surface area contributed by atoms with Crippen LogP contribution in [-0.4, -0.2) is 54.4 Å². The number of rotatable bonds is 6. The minimum atomic E-state index is -5.84. The molecule has 3 aliphatic rings. The molecule has 34 heavy (non-hydrogen) atoms. The van der Waals surface area contributed by atoms with Crippen LogP contribution in [0.5, 0.6) is 0 Å². The lowest BCUT2D eigenvalue weighted by atomic mass is 9.78. The van der Waals surface area contributed by atoms with Gasteiger partial charge in [-0.1, -0.05) is 0 Å². The first kappa shape index (κ1) is 26.6. The molecule has 1 saturated heterocycles. The van der Waals surface area contributed by atoms with Gasteiger partial charge in [-0.3, -0.25) is 14.1 Å². The topological polar surface area (TPSA) is 133 Å². The van der Waals surface area contributed by atoms with Crippen LogP contribution in [0.25, 0.3) is 0 Å². The van der Waals surface area contributed by atoms with Crippen molar-refractivity contribution in [2.24, 2.45) is 23.7 Å². The minimum absolute atomic E-state index is 0.267. The van der Waals surface area contributed by atoms with Crippen molar-refractivity contribution in [2.45, 2.75) is 36.9 Å². The van der Waals surface area contributed by atoms with Gasteiger partial charge in [0.05, 0.1) is 17.4 Å². The molecule has 1 aliphatic heterocycles. The Kier molecular flexibility index (Phi) is 7.18. The van der Waals surface area contributed by atoms with Crippen LogP contribution in [0.2, 0.25) is 0 Å². The second kappa shape index (κ2) is 9.16. The lowest BCUT2D eigenvalue weighted by Crippen LogP contribution is -2.47. The van der Waals surface area contributed by atoms with Crippen LogP contribution >= 0.6 is 67.8 Å². The zero-order chi connectivity index (χ0) is 25.3. The Morgan fingerprint density at radius 2 is 1.88 bits per heavy atom. The van der Waals surface area contributed by atoms with Gasteiger partial charge in [-0.25, -0.2) is 4.79 Å². The number of esters is 3. The molecule has 9 nitrogen and oxygen atoms in total. The molecule has 7 atom stereocenters. The number of halogens is 5. The maximum Gasteiger partial charge on any atom is 0.405 e. The minimum Gasteiger partial charge on any atom is -0.458 e. The van der Waals surface area contributed by atoms with E-state index < -0.39 is 75.3 Å². The molecule has 0 aromatic heterocycles. The third-order valence-corrected chi connectivity index (χ3v) is 11.1. The van der Waals surface area contributed by atoms with E-state index in [1.54, 1.807) is 6.07 Å². The van der Waals surface area contributed by atoms with E-state index in [1.807, 2.05) is 28.7 Å². The van der Waals surface area contributed by atoms with Gasteiger partial charge < -0.3 is 14.2 Å². The van der Waals surface area contributed by atoms with E-state index in [0.29, 0.717) is 16.1 Å². The molecule has 2 saturated carbocycles. The van der Waals surface area contributed by atoms with E-state index in [-0.39, 0.29) is 6.42 Å². The molecule has 186 valence electrons. The molecule has 1 N–H and O–H groups in total. The normalized spacial score (nSPS) is 30.7. The Bertz CT molecular complexity index is 1190. The SMILES string of the molecule is CC(OC(=O)C1C2CC3C(OC(=O)C31)C2OC(=O)c1cc(I)cc(I)c1I)C(F)(F)S(=O)(=O)O. The van der Waals surface area contributed by atoms with Crippen LogP contribution in [0.15, 0.2) is 12.1 Å². The average Bonchev–Trinajstić information content (AvgIpc) is 3.33. The molecule has 0 radical (unpaired) electrons. The van der Waals surface area contributed by atoms with Crippen LogP contribution in [0, 0.1) is 34.4 Å². The number of ether oxygens (including phenoxy) is 3. The van der Waals surface area contributed by atoms with Crippen LogP contribution in [0.3, 0.4) is 0 Å². The van der Waals surface area contributed by atoms with Gasteiger partial charge in [0.2, 0.25) is 0 Å². The predicted molar refractivity (Wildman–Crippen MR) is 134 cm³/mol. The number of hydrogen-bond acceptors (Lipinski definition) is 8. The number of carbonyl (C=O) groups excluding carboxylic acids is 3. The third kappa shape index (κ3) is 4.33. The van der Waals surface area contributed by atoms with E-state index in [0.717, 1.165) is 7.14 Å². The summed E-state index contributed by atoms with van der Waals surface area (Å²) < 4.78 is 76.5. The molecule has 1 heterocycles. The van der Waals surface area contributed by atoms with Crippen molar-refractivity contribution in [3.8, 4) is 0 Å². The standard InChI is InChI=1S/C19H15F2I3O9S/c1-5(19(20,21)34(28,29)30)31-17(26)11-7-4-8-12(11)18(27)33-15(8)14(7)32-16(25)9-2-6(22)3-10(23)13(9)24/h2-3,5,7-8,11-12,14-15H,4H2,1H3,(H,28,29,30). The molecule has 15 heteroatoms. The summed E-state index contributed by atoms with van der Waals surface area (Å²) in [6.07, 6.45) is -4.02. The summed E-state index contributed by atoms with van der Waals surface area (Å²) in [5, 5.41) is -4.75. The Hall–Kier alpha value is -0.410. The lowest BCUT2D eigenvalue weighted by Gasteiger charge is -2.31. The zero-order valence-corrected chi connectivity index (χ0v) is 24.2. The summed E-state index contributed by atoms with van der Waals surface area (Å²) in [6.45, 7) is 0.618. The summed E-state index contributed by atoms with van der Waals surface area (Å²) >= 11 is 6.13. The monoisotopic (exact) mass is 838 g/mol. The highest BCUT2D eigenvalue weighted by molar-refractivity contribution is 14.1. The second-order valence-corrected chi connectivity index (χ2v) is 13.2. The fourth-order valence-electron chi connectivity index (χ4n) is 4.89. The maximum absolute atomic E-state index is 13.9. The Labute approximate surface area is 233 Å². The van der Waals surface area contributed by atoms with Crippen molar-refractivity contribution in [1.29, 1.82) is 0 Å². The summed E-state index contributed by atoms with van der Waals surface area (Å²) in [5.41, 5.74) is 0.293. The van der Waals surface area contributed by atoms with Gasteiger partial charge in [0.15, 0.2) is 6.10 Å². The molecule has 0 amide bonds. The maximum atomic E-state index is 13.9. The molecular formula is C19H15F2I3O9S. The summed E-state index contributed by atoms with van der Waals surface area (Å²) in [6, 6.07) is 3.50. The first-order chi connectivity index (χ1) is 15.6. The zero-order valence-electron chi connectivity index (χ0n) is 16.9. The van der Waals surface area contributed by atoms with Gasteiger partial charge in [-0.2, -0.15) is 17.2 Å². The van der Waals surface area contributed by atoms with Gasteiger partial charge in [0.1, 0.15) is 12.2 Å². The van der Waals surface area contributed by atoms with Crippen molar-refractivity contribution in [3.05, 3.63) is 28.4 Å². The largest absolute Gasteiger partial charge is 0.458 e. The van der Waals surface area contributed by atoms with Crippen LogP contribution < -0.4 is 0 Å². The number of alkyl halides is 2. The van der Waals surface area contributed by atoms with Crippen LogP contribution in [-0.2, 0) is 33.9 Å². The molecule has 7 unspecified atom stereocenters. The number of carbonyl (C=O) groups is 3. The molecule has 4 rings (SSSR count). The predicted octanol–water partition coefficient (Wildman–Crippen LogP) is 3.25. The molecule has 3 fully saturated rings. The molecule has 2 aliphatic carbocycles. The Morgan fingerprint density at radius 3 is 2.50 bits per heavy atom. The first-order valence-electron chi connectivity index (χ1n) is 9.76. The van der Waals surface area contributed by atoms with Crippen LogP contribution in [0.1, 0.15) is 23.7 Å². The fourth-order valence-corrected chi connectivity index (χ4v) is 7.74. The van der Waals surface area contributed by atoms with Crippen molar-refractivity contribution >= 4 is 95.8 Å². The van der Waals surface area contributed by atoms with Gasteiger partial charge >= 0.3 is 33.3 Å². The highest BCUT2D eigenvalue weighted by Crippen LogP contribution is 2.59. The van der Waals surface area contributed by atoms with Gasteiger partial charge in [0.25, 0.3) is 0 Å². The summed E-state index contributed by atoms with van der Waals surface area (Å²) in [5.74, 6) is -6.10. The average molecular weight is 838 g/mol. The van der Waals surface area contributed by atoms with E-state index in [1.165, 1.54) is 0 Å². The van der Waals surface area contributed by atoms with E-state index in [9.17, 15) is 31.6 Å². The van der Waals surface area contributed by atoms with Crippen molar-refractivity contribution < 1.29 is 50.3 Å². The third-order valence-electron chi connectivity index (χ3n) is 6.38. The van der Waals surface area contributed by atoms with Crippen LogP contribution in [0.4, 0.5) is 8.78 Å². The second-order valence-electron chi connectivity index (χ2n) is 8.25. The smallest absolute Gasteiger partial charge is 0.405 e. The first-order valence-corrected chi connectivity index (χ1v) is 14.4. The molecular weight excluding hydrogens is 823 g/mol. The molecule has 0 spiro atoms. The Morgan fingerprint density at radius 1 is 1.24 bits per heavy atom. The Balaban J connectivity index is 1.57. The highest BCUT2D eigenvalue weighted by atomic mass is 127. The van der Waals surface area contributed by atoms with Crippen molar-refractivity contribution in [1.82, 2.24) is 0 Å². The highest BCUT2D eigenvalue weighted by Gasteiger charge is 2.70. The number of hydrogen-bond donors (Lipinski definition) is 1. The number of fused-ring (bicyclic) bond motifs is 1. The molecule has 2 bridgehead atoms. The molecule has 1 aromatic rings. The summed E-state index contributed by atoms with van der Waals surface area (Å²) in [7, 11) is -5.84. The molecule has 1 aromatic carbocycles. The summed E-state index contributed by atoms with van der Waals surface area (Å²) in [4.78, 5) is 38.2. The quantitative estimate of drug-likeness (QED) is 0.151. The van der Waals surface area contributed by atoms with Crippen molar-refractivity contribution in [2.75, 3.05) is 0 Å². The number of benzene rings is 1. The van der Waals surface area contributed by atoms with E-state index >= 15 is 0 Å². The van der Waals surface area contributed by atoms with Crippen molar-refractivity contribution in [3.63, 3.8) is 0 Å². The van der Waals surface area contributed by atoms with E-state index in [2.05, 4.69) is 49.9 Å².